The molecular formula is C18H21BrN4O3S. The molecule has 1 atom stereocenters. The standard InChI is InChI=1S/C18H21BrN4O3S/c19-13-10-16(18(20)21-11-13)27(25,26)22-9-8-17(24)23-15-7-3-5-12-4-1-2-6-14(12)15/h1-2,4,6,10-11,15,22H,3,5,7-9H2,(H2,20,21)(H,23,24)/t15-/m0/s1. The molecule has 1 aliphatic carbocycles. The molecule has 0 saturated heterocycles. The van der Waals surface area contributed by atoms with Gasteiger partial charge in [0.25, 0.3) is 0 Å². The third kappa shape index (κ3) is 4.85. The van der Waals surface area contributed by atoms with Crippen LogP contribution in [0.5, 0.6) is 0 Å². The molecule has 144 valence electrons. The van der Waals surface area contributed by atoms with Gasteiger partial charge in [-0.2, -0.15) is 0 Å². The smallest absolute Gasteiger partial charge is 0.244 e. The van der Waals surface area contributed by atoms with Crippen LogP contribution in [0.15, 0.2) is 45.9 Å². The molecule has 3 rings (SSSR count). The largest absolute Gasteiger partial charge is 0.383 e. The highest BCUT2D eigenvalue weighted by atomic mass is 79.9. The number of nitrogens with two attached hydrogens (primary N) is 1. The number of benzene rings is 1. The molecule has 0 aliphatic heterocycles. The zero-order valence-electron chi connectivity index (χ0n) is 14.6. The van der Waals surface area contributed by atoms with Crippen molar-refractivity contribution in [2.75, 3.05) is 12.3 Å². The molecule has 1 amide bonds. The summed E-state index contributed by atoms with van der Waals surface area (Å²) in [5, 5.41) is 3.00. The summed E-state index contributed by atoms with van der Waals surface area (Å²) in [5.74, 6) is -0.284. The predicted molar refractivity (Wildman–Crippen MR) is 106 cm³/mol. The van der Waals surface area contributed by atoms with Crippen LogP contribution in [-0.2, 0) is 21.2 Å². The molecule has 1 heterocycles. The van der Waals surface area contributed by atoms with E-state index < -0.39 is 10.0 Å². The van der Waals surface area contributed by atoms with E-state index in [1.165, 1.54) is 17.8 Å². The number of hydrogen-bond donors (Lipinski definition) is 3. The van der Waals surface area contributed by atoms with Crippen molar-refractivity contribution in [1.82, 2.24) is 15.0 Å². The van der Waals surface area contributed by atoms with E-state index in [-0.39, 0.29) is 35.6 Å². The lowest BCUT2D eigenvalue weighted by Gasteiger charge is -2.26. The van der Waals surface area contributed by atoms with Crippen molar-refractivity contribution >= 4 is 37.7 Å². The van der Waals surface area contributed by atoms with E-state index in [2.05, 4.69) is 37.0 Å². The lowest BCUT2D eigenvalue weighted by atomic mass is 9.88. The maximum absolute atomic E-state index is 12.4. The number of fused-ring (bicyclic) bond motifs is 1. The number of nitrogens with zero attached hydrogens (tertiary/aromatic N) is 1. The monoisotopic (exact) mass is 452 g/mol. The molecule has 0 radical (unpaired) electrons. The maximum atomic E-state index is 12.4. The van der Waals surface area contributed by atoms with Crippen LogP contribution in [0.25, 0.3) is 0 Å². The molecule has 1 aliphatic rings. The van der Waals surface area contributed by atoms with Crippen molar-refractivity contribution in [3.63, 3.8) is 0 Å². The number of aryl methyl sites for hydroxylation is 1. The van der Waals surface area contributed by atoms with Crippen LogP contribution in [0, 0.1) is 0 Å². The Morgan fingerprint density at radius 3 is 2.93 bits per heavy atom. The minimum Gasteiger partial charge on any atom is -0.383 e. The average molecular weight is 453 g/mol. The Morgan fingerprint density at radius 2 is 2.11 bits per heavy atom. The predicted octanol–water partition coefficient (Wildman–Crippen LogP) is 2.29. The molecule has 0 bridgehead atoms. The van der Waals surface area contributed by atoms with Crippen molar-refractivity contribution < 1.29 is 13.2 Å². The third-order valence-corrected chi connectivity index (χ3v) is 6.41. The summed E-state index contributed by atoms with van der Waals surface area (Å²) in [6.07, 6.45) is 4.38. The number of amides is 1. The quantitative estimate of drug-likeness (QED) is 0.621. The van der Waals surface area contributed by atoms with E-state index in [1.807, 2.05) is 18.2 Å². The van der Waals surface area contributed by atoms with Crippen LogP contribution in [-0.4, -0.2) is 25.9 Å². The Morgan fingerprint density at radius 1 is 1.33 bits per heavy atom. The van der Waals surface area contributed by atoms with Gasteiger partial charge in [-0.05, 0) is 52.4 Å². The number of hydrogen-bond acceptors (Lipinski definition) is 5. The van der Waals surface area contributed by atoms with Gasteiger partial charge in [-0.3, -0.25) is 4.79 Å². The first kappa shape index (κ1) is 19.8. The molecule has 1 aromatic heterocycles. The minimum atomic E-state index is -3.84. The van der Waals surface area contributed by atoms with Crippen LogP contribution < -0.4 is 15.8 Å². The first-order chi connectivity index (χ1) is 12.9. The van der Waals surface area contributed by atoms with Gasteiger partial charge in [0.05, 0.1) is 6.04 Å². The zero-order chi connectivity index (χ0) is 19.4. The number of sulfonamides is 1. The molecule has 1 aromatic carbocycles. The topological polar surface area (TPSA) is 114 Å². The van der Waals surface area contributed by atoms with Gasteiger partial charge in [0.1, 0.15) is 10.7 Å². The summed E-state index contributed by atoms with van der Waals surface area (Å²) in [6, 6.07) is 9.44. The Bertz CT molecular complexity index is 949. The third-order valence-electron chi connectivity index (χ3n) is 4.49. The van der Waals surface area contributed by atoms with Gasteiger partial charge in [-0.1, -0.05) is 24.3 Å². The number of carbonyl (C=O) groups excluding carboxylic acids is 1. The number of rotatable bonds is 6. The molecule has 27 heavy (non-hydrogen) atoms. The number of aromatic nitrogens is 1. The fourth-order valence-corrected chi connectivity index (χ4v) is 4.81. The lowest BCUT2D eigenvalue weighted by molar-refractivity contribution is -0.121. The SMILES string of the molecule is Nc1ncc(Br)cc1S(=O)(=O)NCCC(=O)N[C@H]1CCCc2ccccc21. The zero-order valence-corrected chi connectivity index (χ0v) is 17.0. The normalized spacial score (nSPS) is 16.6. The van der Waals surface area contributed by atoms with E-state index >= 15 is 0 Å². The van der Waals surface area contributed by atoms with Crippen molar-refractivity contribution in [1.29, 1.82) is 0 Å². The molecule has 9 heteroatoms. The first-order valence-corrected chi connectivity index (χ1v) is 10.9. The maximum Gasteiger partial charge on any atom is 0.244 e. The number of carbonyl (C=O) groups is 1. The number of nitrogen functional groups attached to an aromatic ring is 1. The number of halogens is 1. The van der Waals surface area contributed by atoms with Crippen LogP contribution in [0.1, 0.15) is 36.4 Å². The summed E-state index contributed by atoms with van der Waals surface area (Å²) in [6.45, 7) is -0.0194. The Labute approximate surface area is 166 Å². The van der Waals surface area contributed by atoms with Crippen LogP contribution >= 0.6 is 15.9 Å². The second-order valence-electron chi connectivity index (χ2n) is 6.40. The van der Waals surface area contributed by atoms with E-state index in [4.69, 9.17) is 5.73 Å². The van der Waals surface area contributed by atoms with Gasteiger partial charge in [0, 0.05) is 23.6 Å². The summed E-state index contributed by atoms with van der Waals surface area (Å²) >= 11 is 3.17. The van der Waals surface area contributed by atoms with Crippen molar-refractivity contribution in [2.45, 2.75) is 36.6 Å². The van der Waals surface area contributed by atoms with Gasteiger partial charge >= 0.3 is 0 Å². The fourth-order valence-electron chi connectivity index (χ4n) is 3.19. The summed E-state index contributed by atoms with van der Waals surface area (Å²) < 4.78 is 27.6. The van der Waals surface area contributed by atoms with Crippen molar-refractivity contribution in [3.8, 4) is 0 Å². The molecule has 7 nitrogen and oxygen atoms in total. The Kier molecular flexibility index (Phi) is 6.13. The van der Waals surface area contributed by atoms with Gasteiger partial charge in [0.15, 0.2) is 0 Å². The second-order valence-corrected chi connectivity index (χ2v) is 9.05. The molecular weight excluding hydrogens is 432 g/mol. The van der Waals surface area contributed by atoms with E-state index in [1.54, 1.807) is 0 Å². The fraction of sp³-hybridized carbons (Fsp3) is 0.333. The molecule has 0 spiro atoms. The second kappa shape index (κ2) is 8.37. The number of pyridine rings is 1. The molecule has 0 saturated carbocycles. The highest BCUT2D eigenvalue weighted by Gasteiger charge is 2.22. The van der Waals surface area contributed by atoms with E-state index in [0.717, 1.165) is 24.8 Å². The summed E-state index contributed by atoms with van der Waals surface area (Å²) in [7, 11) is -3.84. The van der Waals surface area contributed by atoms with E-state index in [9.17, 15) is 13.2 Å². The molecule has 2 aromatic rings. The van der Waals surface area contributed by atoms with Gasteiger partial charge in [-0.15, -0.1) is 0 Å². The van der Waals surface area contributed by atoms with Crippen molar-refractivity contribution in [2.24, 2.45) is 0 Å². The van der Waals surface area contributed by atoms with Crippen LogP contribution in [0.3, 0.4) is 0 Å². The van der Waals surface area contributed by atoms with Gasteiger partial charge in [-0.25, -0.2) is 18.1 Å². The lowest BCUT2D eigenvalue weighted by Crippen LogP contribution is -2.34. The summed E-state index contributed by atoms with van der Waals surface area (Å²) in [5.41, 5.74) is 8.05. The molecule has 0 unspecified atom stereocenters. The van der Waals surface area contributed by atoms with Gasteiger partial charge in [0.2, 0.25) is 15.9 Å². The minimum absolute atomic E-state index is 0.0194. The molecule has 4 N–H and O–H groups in total. The average Bonchev–Trinajstić information content (AvgIpc) is 2.64. The highest BCUT2D eigenvalue weighted by Crippen LogP contribution is 2.29. The van der Waals surface area contributed by atoms with Gasteiger partial charge < -0.3 is 11.1 Å². The Hall–Kier alpha value is -1.97. The summed E-state index contributed by atoms with van der Waals surface area (Å²) in [4.78, 5) is 16.0. The van der Waals surface area contributed by atoms with Crippen LogP contribution in [0.4, 0.5) is 5.82 Å². The molecule has 0 fully saturated rings. The Balaban J connectivity index is 1.57. The highest BCUT2D eigenvalue weighted by molar-refractivity contribution is 9.10. The number of nitrogens with one attached hydrogen (secondary N) is 2. The van der Waals surface area contributed by atoms with Crippen LogP contribution in [0.2, 0.25) is 0 Å². The number of anilines is 1. The van der Waals surface area contributed by atoms with Crippen molar-refractivity contribution in [3.05, 3.63) is 52.1 Å². The first-order valence-electron chi connectivity index (χ1n) is 8.64. The van der Waals surface area contributed by atoms with E-state index in [0.29, 0.717) is 4.47 Å².